The fraction of sp³-hybridized carbons (Fsp3) is 0.222. The maximum absolute atomic E-state index is 12.3. The molecule has 0 saturated heterocycles. The Kier molecular flexibility index (Phi) is 5.13. The molecule has 0 saturated carbocycles. The normalized spacial score (nSPS) is 12.2. The first-order chi connectivity index (χ1) is 11.7. The van der Waals surface area contributed by atoms with E-state index >= 15 is 0 Å². The minimum atomic E-state index is -0.207. The van der Waals surface area contributed by atoms with Gasteiger partial charge in [0.1, 0.15) is 5.69 Å². The molecule has 0 aliphatic carbocycles. The molecule has 3 aromatic rings. The first-order valence-corrected chi connectivity index (χ1v) is 8.11. The summed E-state index contributed by atoms with van der Waals surface area (Å²) in [5, 5.41) is 13.9. The molecule has 1 amide bonds. The Morgan fingerprint density at radius 3 is 2.92 bits per heavy atom. The minimum Gasteiger partial charge on any atom is -0.396 e. The van der Waals surface area contributed by atoms with Gasteiger partial charge < -0.3 is 15.4 Å². The van der Waals surface area contributed by atoms with Gasteiger partial charge >= 0.3 is 0 Å². The van der Waals surface area contributed by atoms with Crippen molar-refractivity contribution in [2.75, 3.05) is 13.2 Å². The van der Waals surface area contributed by atoms with Gasteiger partial charge in [0.15, 0.2) is 0 Å². The molecule has 0 aliphatic heterocycles. The highest BCUT2D eigenvalue weighted by Gasteiger charge is 2.14. The maximum Gasteiger partial charge on any atom is 0.267 e. The van der Waals surface area contributed by atoms with E-state index in [1.807, 2.05) is 24.3 Å². The van der Waals surface area contributed by atoms with Gasteiger partial charge in [-0.05, 0) is 36.8 Å². The molecule has 24 heavy (non-hydrogen) atoms. The number of amides is 1. The van der Waals surface area contributed by atoms with E-state index in [1.54, 1.807) is 24.4 Å². The number of aliphatic hydroxyl groups excluding tert-OH is 1. The molecule has 6 heteroatoms. The Labute approximate surface area is 144 Å². The van der Waals surface area contributed by atoms with E-state index in [1.165, 1.54) is 0 Å². The van der Waals surface area contributed by atoms with Crippen LogP contribution in [0.15, 0.2) is 48.7 Å². The monoisotopic (exact) mass is 343 g/mol. The molecule has 0 bridgehead atoms. The molecule has 1 unspecified atom stereocenters. The Balaban J connectivity index is 1.62. The van der Waals surface area contributed by atoms with E-state index in [0.717, 1.165) is 16.6 Å². The van der Waals surface area contributed by atoms with E-state index in [0.29, 0.717) is 23.7 Å². The van der Waals surface area contributed by atoms with Crippen molar-refractivity contribution >= 4 is 28.4 Å². The van der Waals surface area contributed by atoms with E-state index in [4.69, 9.17) is 11.6 Å². The molecule has 1 atom stereocenters. The number of hydrogen-bond acceptors (Lipinski definition) is 3. The molecule has 0 fully saturated rings. The highest BCUT2D eigenvalue weighted by molar-refractivity contribution is 6.31. The van der Waals surface area contributed by atoms with E-state index < -0.39 is 0 Å². The third kappa shape index (κ3) is 3.93. The Hall–Kier alpha value is -2.37. The summed E-state index contributed by atoms with van der Waals surface area (Å²) in [5.41, 5.74) is 2.19. The topological polar surface area (TPSA) is 78.0 Å². The van der Waals surface area contributed by atoms with Gasteiger partial charge in [-0.2, -0.15) is 0 Å². The van der Waals surface area contributed by atoms with Crippen molar-refractivity contribution in [2.24, 2.45) is 5.92 Å². The molecular weight excluding hydrogens is 326 g/mol. The molecule has 0 aliphatic rings. The third-order valence-corrected chi connectivity index (χ3v) is 4.10. The lowest BCUT2D eigenvalue weighted by atomic mass is 10.0. The second kappa shape index (κ2) is 7.47. The van der Waals surface area contributed by atoms with Gasteiger partial charge in [-0.3, -0.25) is 9.78 Å². The quantitative estimate of drug-likeness (QED) is 0.644. The summed E-state index contributed by atoms with van der Waals surface area (Å²) in [7, 11) is 0. The van der Waals surface area contributed by atoms with Crippen LogP contribution < -0.4 is 5.32 Å². The number of aromatic nitrogens is 2. The highest BCUT2D eigenvalue weighted by Crippen LogP contribution is 2.20. The van der Waals surface area contributed by atoms with Crippen LogP contribution in [-0.2, 0) is 6.42 Å². The van der Waals surface area contributed by atoms with Crippen LogP contribution in [0.25, 0.3) is 10.9 Å². The zero-order valence-corrected chi connectivity index (χ0v) is 13.8. The van der Waals surface area contributed by atoms with Crippen LogP contribution in [0.3, 0.4) is 0 Å². The maximum atomic E-state index is 12.3. The molecule has 3 N–H and O–H groups in total. The molecule has 0 radical (unpaired) electrons. The van der Waals surface area contributed by atoms with Gasteiger partial charge in [0.25, 0.3) is 5.91 Å². The van der Waals surface area contributed by atoms with Gasteiger partial charge in [0.05, 0.1) is 0 Å². The lowest BCUT2D eigenvalue weighted by Gasteiger charge is -2.14. The number of rotatable bonds is 6. The van der Waals surface area contributed by atoms with Crippen LogP contribution in [0.5, 0.6) is 0 Å². The van der Waals surface area contributed by atoms with Gasteiger partial charge in [0, 0.05) is 46.9 Å². The molecular formula is C18H18ClN3O2. The number of nitrogens with zero attached hydrogens (tertiary/aromatic N) is 1. The molecule has 124 valence electrons. The number of hydrogen-bond donors (Lipinski definition) is 3. The highest BCUT2D eigenvalue weighted by atomic mass is 35.5. The first-order valence-electron chi connectivity index (χ1n) is 7.73. The van der Waals surface area contributed by atoms with Crippen molar-refractivity contribution in [3.05, 3.63) is 65.1 Å². The number of aromatic amines is 1. The predicted molar refractivity (Wildman–Crippen MR) is 94.2 cm³/mol. The van der Waals surface area contributed by atoms with Crippen molar-refractivity contribution in [2.45, 2.75) is 6.42 Å². The first kappa shape index (κ1) is 16.5. The fourth-order valence-corrected chi connectivity index (χ4v) is 2.74. The van der Waals surface area contributed by atoms with Crippen LogP contribution >= 0.6 is 11.6 Å². The number of aliphatic hydroxyl groups is 1. The molecule has 0 spiro atoms. The standard InChI is InChI=1S/C18H18ClN3O2/c19-14-5-4-13-8-17(22-16(13)9-14)18(24)21-10-12(11-23)7-15-3-1-2-6-20-15/h1-6,8-9,12,22-23H,7,10-11H2,(H,21,24). The second-order valence-electron chi connectivity index (χ2n) is 5.70. The average molecular weight is 344 g/mol. The summed E-state index contributed by atoms with van der Waals surface area (Å²) in [4.78, 5) is 19.6. The molecule has 2 heterocycles. The van der Waals surface area contributed by atoms with Gasteiger partial charge in [-0.15, -0.1) is 0 Å². The number of carbonyl (C=O) groups is 1. The smallest absolute Gasteiger partial charge is 0.267 e. The van der Waals surface area contributed by atoms with Gasteiger partial charge in [-0.25, -0.2) is 0 Å². The van der Waals surface area contributed by atoms with E-state index in [9.17, 15) is 9.90 Å². The van der Waals surface area contributed by atoms with Gasteiger partial charge in [0.2, 0.25) is 0 Å². The molecule has 1 aromatic carbocycles. The van der Waals surface area contributed by atoms with E-state index in [-0.39, 0.29) is 18.4 Å². The zero-order valence-electron chi connectivity index (χ0n) is 13.0. The number of nitrogens with one attached hydrogen (secondary N) is 2. The number of carbonyl (C=O) groups excluding carboxylic acids is 1. The lowest BCUT2D eigenvalue weighted by molar-refractivity contribution is 0.0935. The minimum absolute atomic E-state index is 0.0147. The van der Waals surface area contributed by atoms with Crippen LogP contribution in [0.2, 0.25) is 5.02 Å². The number of benzene rings is 1. The summed E-state index contributed by atoms with van der Waals surface area (Å²) in [6.45, 7) is 0.362. The Morgan fingerprint density at radius 2 is 2.17 bits per heavy atom. The number of pyridine rings is 1. The van der Waals surface area contributed by atoms with Crippen molar-refractivity contribution in [3.8, 4) is 0 Å². The Morgan fingerprint density at radius 1 is 1.29 bits per heavy atom. The molecule has 2 aromatic heterocycles. The lowest BCUT2D eigenvalue weighted by Crippen LogP contribution is -2.32. The molecule has 3 rings (SSSR count). The third-order valence-electron chi connectivity index (χ3n) is 3.86. The van der Waals surface area contributed by atoms with Crippen LogP contribution in [0.4, 0.5) is 0 Å². The Bertz CT molecular complexity index is 833. The predicted octanol–water partition coefficient (Wildman–Crippen LogP) is 2.80. The van der Waals surface area contributed by atoms with Crippen molar-refractivity contribution in [1.82, 2.24) is 15.3 Å². The number of halogens is 1. The van der Waals surface area contributed by atoms with Gasteiger partial charge in [-0.1, -0.05) is 23.7 Å². The average Bonchev–Trinajstić information content (AvgIpc) is 3.02. The van der Waals surface area contributed by atoms with Crippen molar-refractivity contribution in [1.29, 1.82) is 0 Å². The van der Waals surface area contributed by atoms with Crippen LogP contribution in [-0.4, -0.2) is 34.1 Å². The number of fused-ring (bicyclic) bond motifs is 1. The summed E-state index contributed by atoms with van der Waals surface area (Å²) in [6, 6.07) is 12.9. The SMILES string of the molecule is O=C(NCC(CO)Cc1ccccn1)c1cc2ccc(Cl)cc2[nH]1. The van der Waals surface area contributed by atoms with Crippen molar-refractivity contribution < 1.29 is 9.90 Å². The largest absolute Gasteiger partial charge is 0.396 e. The number of H-pyrrole nitrogens is 1. The summed E-state index contributed by atoms with van der Waals surface area (Å²) >= 11 is 5.95. The summed E-state index contributed by atoms with van der Waals surface area (Å²) in [6.07, 6.45) is 2.33. The van der Waals surface area contributed by atoms with E-state index in [2.05, 4.69) is 15.3 Å². The second-order valence-corrected chi connectivity index (χ2v) is 6.13. The van der Waals surface area contributed by atoms with Crippen molar-refractivity contribution in [3.63, 3.8) is 0 Å². The molecule has 5 nitrogen and oxygen atoms in total. The summed E-state index contributed by atoms with van der Waals surface area (Å²) in [5.74, 6) is -0.288. The summed E-state index contributed by atoms with van der Waals surface area (Å²) < 4.78 is 0. The zero-order chi connectivity index (χ0) is 16.9. The van der Waals surface area contributed by atoms with Crippen LogP contribution in [0, 0.1) is 5.92 Å². The van der Waals surface area contributed by atoms with Crippen LogP contribution in [0.1, 0.15) is 16.2 Å². The fourth-order valence-electron chi connectivity index (χ4n) is 2.57.